The van der Waals surface area contributed by atoms with Gasteiger partial charge in [0.2, 0.25) is 0 Å². The second-order valence-electron chi connectivity index (χ2n) is 7.83. The molecule has 1 aromatic heterocycles. The second-order valence-corrected chi connectivity index (χ2v) is 8.24. The van der Waals surface area contributed by atoms with E-state index in [1.165, 1.54) is 16.7 Å². The van der Waals surface area contributed by atoms with Crippen LogP contribution in [-0.2, 0) is 6.54 Å². The summed E-state index contributed by atoms with van der Waals surface area (Å²) in [4.78, 5) is 0. The van der Waals surface area contributed by atoms with Crippen molar-refractivity contribution in [1.82, 2.24) is 15.2 Å². The topological polar surface area (TPSA) is 54.2 Å². The van der Waals surface area contributed by atoms with Crippen molar-refractivity contribution >= 4 is 29.2 Å². The van der Waals surface area contributed by atoms with Crippen LogP contribution < -0.4 is 10.7 Å². The summed E-state index contributed by atoms with van der Waals surface area (Å²) in [5.74, 6) is 0.507. The minimum absolute atomic E-state index is 0.450. The number of thiocarbonyl (C=S) groups is 1. The second kappa shape index (κ2) is 9.67. The molecule has 6 heteroatoms. The van der Waals surface area contributed by atoms with Gasteiger partial charge in [0, 0.05) is 16.9 Å². The third-order valence-electron chi connectivity index (χ3n) is 5.09. The fraction of sp³-hybridized carbons (Fsp3) is 0.292. The normalized spacial score (nSPS) is 11.3. The SMILES string of the molecule is Cc1ccc(Cn2nc(C)c(/C=N\NC(=S)Nc3ccc(C(C)C)cc3)c2C)cc1. The summed E-state index contributed by atoms with van der Waals surface area (Å²) in [5, 5.41) is 12.6. The number of nitrogens with one attached hydrogen (secondary N) is 2. The molecule has 30 heavy (non-hydrogen) atoms. The highest BCUT2D eigenvalue weighted by molar-refractivity contribution is 7.80. The maximum absolute atomic E-state index is 5.35. The molecule has 0 aliphatic heterocycles. The van der Waals surface area contributed by atoms with Crippen molar-refractivity contribution in [2.75, 3.05) is 5.32 Å². The molecule has 0 aliphatic rings. The van der Waals surface area contributed by atoms with Gasteiger partial charge in [-0.05, 0) is 62.2 Å². The first kappa shape index (κ1) is 21.7. The number of hydrogen-bond acceptors (Lipinski definition) is 3. The van der Waals surface area contributed by atoms with Gasteiger partial charge in [0.25, 0.3) is 0 Å². The van der Waals surface area contributed by atoms with E-state index in [1.807, 2.05) is 23.7 Å². The van der Waals surface area contributed by atoms with Crippen LogP contribution in [0.4, 0.5) is 5.69 Å². The molecule has 2 N–H and O–H groups in total. The fourth-order valence-corrected chi connectivity index (χ4v) is 3.35. The highest BCUT2D eigenvalue weighted by atomic mass is 32.1. The minimum atomic E-state index is 0.450. The van der Waals surface area contributed by atoms with Crippen molar-refractivity contribution in [2.45, 2.75) is 47.1 Å². The molecule has 0 saturated carbocycles. The zero-order chi connectivity index (χ0) is 21.7. The van der Waals surface area contributed by atoms with Crippen molar-refractivity contribution in [3.05, 3.63) is 82.2 Å². The number of aromatic nitrogens is 2. The van der Waals surface area contributed by atoms with Crippen molar-refractivity contribution in [3.8, 4) is 0 Å². The van der Waals surface area contributed by atoms with Crippen LogP contribution in [0, 0.1) is 20.8 Å². The Hall–Kier alpha value is -2.99. The van der Waals surface area contributed by atoms with Gasteiger partial charge in [0.15, 0.2) is 5.11 Å². The van der Waals surface area contributed by atoms with E-state index in [0.29, 0.717) is 11.0 Å². The molecule has 1 heterocycles. The Balaban J connectivity index is 1.60. The van der Waals surface area contributed by atoms with E-state index < -0.39 is 0 Å². The summed E-state index contributed by atoms with van der Waals surface area (Å²) in [6, 6.07) is 16.8. The standard InChI is InChI=1S/C24H29N5S/c1-16(2)21-10-12-22(13-11-21)26-24(30)27-25-14-23-18(4)28-29(19(23)5)15-20-8-6-17(3)7-9-20/h6-14,16H,15H2,1-5H3,(H2,26,27,30)/b25-14-. The van der Waals surface area contributed by atoms with E-state index >= 15 is 0 Å². The molecule has 0 radical (unpaired) electrons. The molecule has 5 nitrogen and oxygen atoms in total. The van der Waals surface area contributed by atoms with Crippen LogP contribution in [-0.4, -0.2) is 21.1 Å². The van der Waals surface area contributed by atoms with Crippen molar-refractivity contribution < 1.29 is 0 Å². The van der Waals surface area contributed by atoms with E-state index in [4.69, 9.17) is 12.2 Å². The average molecular weight is 420 g/mol. The van der Waals surface area contributed by atoms with E-state index in [0.717, 1.165) is 29.2 Å². The Morgan fingerprint density at radius 2 is 1.73 bits per heavy atom. The van der Waals surface area contributed by atoms with Crippen LogP contribution in [0.5, 0.6) is 0 Å². The summed E-state index contributed by atoms with van der Waals surface area (Å²) in [6.07, 6.45) is 1.78. The molecule has 0 atom stereocenters. The quantitative estimate of drug-likeness (QED) is 0.323. The van der Waals surface area contributed by atoms with Crippen LogP contribution in [0.15, 0.2) is 53.6 Å². The molecule has 0 unspecified atom stereocenters. The van der Waals surface area contributed by atoms with Gasteiger partial charge in [-0.3, -0.25) is 10.1 Å². The predicted molar refractivity (Wildman–Crippen MR) is 129 cm³/mol. The fourth-order valence-electron chi connectivity index (χ4n) is 3.18. The Morgan fingerprint density at radius 3 is 2.37 bits per heavy atom. The summed E-state index contributed by atoms with van der Waals surface area (Å²) in [5.41, 5.74) is 10.6. The van der Waals surface area contributed by atoms with Gasteiger partial charge in [0.1, 0.15) is 0 Å². The number of anilines is 1. The van der Waals surface area contributed by atoms with Gasteiger partial charge in [-0.2, -0.15) is 10.2 Å². The van der Waals surface area contributed by atoms with E-state index in [9.17, 15) is 0 Å². The smallest absolute Gasteiger partial charge is 0.191 e. The molecule has 0 saturated heterocycles. The first-order valence-corrected chi connectivity index (χ1v) is 10.5. The molecule has 0 amide bonds. The third-order valence-corrected chi connectivity index (χ3v) is 5.28. The van der Waals surface area contributed by atoms with E-state index in [-0.39, 0.29) is 0 Å². The predicted octanol–water partition coefficient (Wildman–Crippen LogP) is 5.30. The first-order chi connectivity index (χ1) is 14.3. The maximum atomic E-state index is 5.35. The van der Waals surface area contributed by atoms with Crippen LogP contribution in [0.2, 0.25) is 0 Å². The molecule has 3 aromatic rings. The zero-order valence-electron chi connectivity index (χ0n) is 18.2. The molecule has 0 fully saturated rings. The maximum Gasteiger partial charge on any atom is 0.191 e. The average Bonchev–Trinajstić information content (AvgIpc) is 2.97. The lowest BCUT2D eigenvalue weighted by molar-refractivity contribution is 0.659. The molecule has 3 rings (SSSR count). The largest absolute Gasteiger partial charge is 0.331 e. The van der Waals surface area contributed by atoms with Gasteiger partial charge in [-0.1, -0.05) is 55.8 Å². The lowest BCUT2D eigenvalue weighted by Gasteiger charge is -2.09. The van der Waals surface area contributed by atoms with Gasteiger partial charge in [0.05, 0.1) is 18.5 Å². The van der Waals surface area contributed by atoms with Gasteiger partial charge in [-0.15, -0.1) is 0 Å². The Morgan fingerprint density at radius 1 is 1.07 bits per heavy atom. The first-order valence-electron chi connectivity index (χ1n) is 10.1. The van der Waals surface area contributed by atoms with Crippen LogP contribution >= 0.6 is 12.2 Å². The molecule has 0 spiro atoms. The summed E-state index contributed by atoms with van der Waals surface area (Å²) in [7, 11) is 0. The monoisotopic (exact) mass is 419 g/mol. The Bertz CT molecular complexity index is 1030. The number of rotatable bonds is 6. The third kappa shape index (κ3) is 5.54. The van der Waals surface area contributed by atoms with E-state index in [2.05, 4.69) is 85.0 Å². The van der Waals surface area contributed by atoms with Crippen molar-refractivity contribution in [2.24, 2.45) is 5.10 Å². The molecule has 0 bridgehead atoms. The van der Waals surface area contributed by atoms with Crippen molar-refractivity contribution in [1.29, 1.82) is 0 Å². The van der Waals surface area contributed by atoms with E-state index in [1.54, 1.807) is 6.21 Å². The Labute approximate surface area is 184 Å². The summed E-state index contributed by atoms with van der Waals surface area (Å²) < 4.78 is 2.01. The number of nitrogens with zero attached hydrogens (tertiary/aromatic N) is 3. The van der Waals surface area contributed by atoms with Crippen LogP contribution in [0.1, 0.15) is 53.4 Å². The van der Waals surface area contributed by atoms with Gasteiger partial charge >= 0.3 is 0 Å². The molecule has 156 valence electrons. The molecular formula is C24H29N5S. The minimum Gasteiger partial charge on any atom is -0.331 e. The molecule has 2 aromatic carbocycles. The summed E-state index contributed by atoms with van der Waals surface area (Å²) in [6.45, 7) is 11.2. The zero-order valence-corrected chi connectivity index (χ0v) is 19.0. The van der Waals surface area contributed by atoms with Gasteiger partial charge < -0.3 is 5.32 Å². The van der Waals surface area contributed by atoms with Gasteiger partial charge in [-0.25, -0.2) is 0 Å². The van der Waals surface area contributed by atoms with Crippen molar-refractivity contribution in [3.63, 3.8) is 0 Å². The number of hydrazone groups is 1. The number of benzene rings is 2. The lowest BCUT2D eigenvalue weighted by Crippen LogP contribution is -2.23. The number of aryl methyl sites for hydroxylation is 2. The van der Waals surface area contributed by atoms with Crippen LogP contribution in [0.3, 0.4) is 0 Å². The molecular weight excluding hydrogens is 390 g/mol. The highest BCUT2D eigenvalue weighted by Crippen LogP contribution is 2.17. The molecule has 0 aliphatic carbocycles. The number of hydrogen-bond donors (Lipinski definition) is 2. The highest BCUT2D eigenvalue weighted by Gasteiger charge is 2.10. The lowest BCUT2D eigenvalue weighted by atomic mass is 10.0. The summed E-state index contributed by atoms with van der Waals surface area (Å²) >= 11 is 5.35. The Kier molecular flexibility index (Phi) is 7.00. The van der Waals surface area contributed by atoms with Crippen LogP contribution in [0.25, 0.3) is 0 Å².